The Balaban J connectivity index is 1.39. The van der Waals surface area contributed by atoms with Crippen LogP contribution >= 0.6 is 0 Å². The minimum atomic E-state index is -2.65. The number of hydrogen-bond acceptors (Lipinski definition) is 0. The summed E-state index contributed by atoms with van der Waals surface area (Å²) >= 11 is 0. The van der Waals surface area contributed by atoms with E-state index < -0.39 is 8.07 Å². The summed E-state index contributed by atoms with van der Waals surface area (Å²) in [7, 11) is -2.65. The smallest absolute Gasteiger partial charge is 0.0626 e. The van der Waals surface area contributed by atoms with Gasteiger partial charge < -0.3 is 0 Å². The van der Waals surface area contributed by atoms with Gasteiger partial charge in [0.2, 0.25) is 0 Å². The highest BCUT2D eigenvalue weighted by atomic mass is 28.3. The second-order valence-electron chi connectivity index (χ2n) is 13.4. The first kappa shape index (κ1) is 29.4. The van der Waals surface area contributed by atoms with Gasteiger partial charge >= 0.3 is 0 Å². The van der Waals surface area contributed by atoms with Crippen LogP contribution in [0.2, 0.25) is 0 Å². The van der Waals surface area contributed by atoms with E-state index in [1.54, 1.807) is 10.4 Å². The van der Waals surface area contributed by atoms with Crippen LogP contribution in [0.4, 0.5) is 0 Å². The van der Waals surface area contributed by atoms with Gasteiger partial charge in [-0.1, -0.05) is 156 Å². The van der Waals surface area contributed by atoms with Crippen LogP contribution in [0.25, 0.3) is 34.4 Å². The number of hydrogen-bond donors (Lipinski definition) is 0. The highest BCUT2D eigenvalue weighted by molar-refractivity contribution is 7.13. The summed E-state index contributed by atoms with van der Waals surface area (Å²) < 4.78 is 0. The molecule has 0 bridgehead atoms. The van der Waals surface area contributed by atoms with Gasteiger partial charge in [0.1, 0.15) is 0 Å². The minimum Gasteiger partial charge on any atom is -0.0626 e. The topological polar surface area (TPSA) is 0 Å². The van der Waals surface area contributed by atoms with Crippen molar-refractivity contribution in [3.63, 3.8) is 0 Å². The quantitative estimate of drug-likeness (QED) is 0.163. The van der Waals surface area contributed by atoms with Gasteiger partial charge in [0.05, 0.1) is 0 Å². The van der Waals surface area contributed by atoms with Crippen molar-refractivity contribution in [1.29, 1.82) is 0 Å². The van der Waals surface area contributed by atoms with Crippen molar-refractivity contribution in [2.75, 3.05) is 0 Å². The highest BCUT2D eigenvalue weighted by Crippen LogP contribution is 2.44. The fourth-order valence-electron chi connectivity index (χ4n) is 8.26. The second-order valence-corrected chi connectivity index (χ2v) is 17.4. The van der Waals surface area contributed by atoms with Crippen molar-refractivity contribution in [3.05, 3.63) is 188 Å². The van der Waals surface area contributed by atoms with Gasteiger partial charge in [-0.25, -0.2) is 0 Å². The highest BCUT2D eigenvalue weighted by Gasteiger charge is 2.47. The van der Waals surface area contributed by atoms with E-state index in [9.17, 15) is 0 Å². The zero-order valence-corrected chi connectivity index (χ0v) is 28.8. The third-order valence-electron chi connectivity index (χ3n) is 11.0. The van der Waals surface area contributed by atoms with E-state index in [2.05, 4.69) is 173 Å². The molecule has 228 valence electrons. The van der Waals surface area contributed by atoms with Crippen molar-refractivity contribution in [2.45, 2.75) is 40.5 Å². The monoisotopic (exact) mass is 620 g/mol. The summed E-state index contributed by atoms with van der Waals surface area (Å²) in [5.74, 6) is 0. The van der Waals surface area contributed by atoms with E-state index in [0.717, 1.165) is 12.8 Å². The lowest BCUT2D eigenvalue weighted by atomic mass is 9.92. The molecule has 47 heavy (non-hydrogen) atoms. The molecule has 0 saturated carbocycles. The Morgan fingerprint density at radius 1 is 0.383 bits per heavy atom. The summed E-state index contributed by atoms with van der Waals surface area (Å²) in [4.78, 5) is 0. The molecule has 6 aromatic rings. The molecule has 0 fully saturated rings. The third-order valence-corrected chi connectivity index (χ3v) is 15.9. The molecule has 6 aromatic carbocycles. The Morgan fingerprint density at radius 2 is 0.766 bits per heavy atom. The number of fused-ring (bicyclic) bond motifs is 2. The van der Waals surface area contributed by atoms with Crippen LogP contribution < -0.4 is 10.4 Å². The van der Waals surface area contributed by atoms with Crippen LogP contribution in [0, 0.1) is 27.7 Å². The van der Waals surface area contributed by atoms with E-state index in [4.69, 9.17) is 0 Å². The average molecular weight is 621 g/mol. The average Bonchev–Trinajstić information content (AvgIpc) is 3.74. The molecule has 0 nitrogen and oxygen atoms in total. The molecular weight excluding hydrogens is 581 g/mol. The summed E-state index contributed by atoms with van der Waals surface area (Å²) in [5, 5.41) is 6.08. The lowest BCUT2D eigenvalue weighted by Crippen LogP contribution is -2.62. The second kappa shape index (κ2) is 11.7. The van der Waals surface area contributed by atoms with Crippen molar-refractivity contribution in [3.8, 4) is 22.3 Å². The fraction of sp³-hybridized carbons (Fsp3) is 0.130. The molecule has 0 N–H and O–H groups in total. The Labute approximate surface area is 280 Å². The van der Waals surface area contributed by atoms with Crippen molar-refractivity contribution < 1.29 is 0 Å². The molecule has 8 rings (SSSR count). The van der Waals surface area contributed by atoms with Crippen molar-refractivity contribution in [2.24, 2.45) is 0 Å². The first-order chi connectivity index (χ1) is 23.0. The Kier molecular flexibility index (Phi) is 7.31. The molecule has 0 aromatic heterocycles. The Morgan fingerprint density at radius 3 is 1.19 bits per heavy atom. The zero-order chi connectivity index (χ0) is 32.1. The van der Waals surface area contributed by atoms with Gasteiger partial charge in [0.25, 0.3) is 0 Å². The normalized spacial score (nSPS) is 13.6. The Hall–Kier alpha value is -4.98. The van der Waals surface area contributed by atoms with E-state index in [0.29, 0.717) is 0 Å². The molecule has 0 radical (unpaired) electrons. The lowest BCUT2D eigenvalue weighted by Gasteiger charge is -2.36. The maximum atomic E-state index is 2.61. The Bertz CT molecular complexity index is 2060. The summed E-state index contributed by atoms with van der Waals surface area (Å²) in [5.41, 5.74) is 16.5. The van der Waals surface area contributed by atoms with Crippen molar-refractivity contribution in [1.82, 2.24) is 0 Å². The zero-order valence-electron chi connectivity index (χ0n) is 27.8. The maximum absolute atomic E-state index is 2.65. The molecule has 0 aliphatic heterocycles. The fourth-order valence-corrected chi connectivity index (χ4v) is 13.5. The molecule has 0 unspecified atom stereocenters. The molecule has 0 spiro atoms. The van der Waals surface area contributed by atoms with Crippen LogP contribution in [-0.4, -0.2) is 8.07 Å². The summed E-state index contributed by atoms with van der Waals surface area (Å²) in [6.07, 6.45) is 7.16. The predicted octanol–water partition coefficient (Wildman–Crippen LogP) is 10.2. The number of rotatable bonds is 6. The standard InChI is InChI=1S/C46H40Si/c1-31-15-11-23-41(33(31)3)43-25-13-17-35-27-39(29-45(35)43)47(37-19-7-5-8-20-37,38-21-9-6-10-22-38)40-28-36-18-14-26-44(46(36)30-40)42-24-12-16-32(2)34(42)4/h5-26,29-30H,27-28H2,1-4H3. The first-order valence-corrected chi connectivity index (χ1v) is 18.9. The molecule has 0 amide bonds. The van der Waals surface area contributed by atoms with Crippen LogP contribution in [0.15, 0.2) is 144 Å². The third kappa shape index (κ3) is 4.72. The molecule has 0 atom stereocenters. The largest absolute Gasteiger partial charge is 0.172 e. The molecule has 1 heteroatoms. The van der Waals surface area contributed by atoms with Gasteiger partial charge in [-0.05, 0) is 118 Å². The first-order valence-electron chi connectivity index (χ1n) is 16.9. The summed E-state index contributed by atoms with van der Waals surface area (Å²) in [6, 6.07) is 50.3. The van der Waals surface area contributed by atoms with Crippen LogP contribution in [0.1, 0.15) is 44.5 Å². The SMILES string of the molecule is Cc1cccc(-c2cccc3c2C=C([Si](C2=Cc4c(cccc4-c4cccc(C)c4C)C2)(c2ccccc2)c2ccccc2)C3)c1C. The van der Waals surface area contributed by atoms with Crippen molar-refractivity contribution >= 4 is 30.6 Å². The summed E-state index contributed by atoms with van der Waals surface area (Å²) in [6.45, 7) is 8.99. The number of benzene rings is 6. The maximum Gasteiger partial charge on any atom is 0.172 e. The van der Waals surface area contributed by atoms with E-state index >= 15 is 0 Å². The lowest BCUT2D eigenvalue weighted by molar-refractivity contribution is 1.23. The van der Waals surface area contributed by atoms with Crippen LogP contribution in [0.5, 0.6) is 0 Å². The molecule has 0 heterocycles. The van der Waals surface area contributed by atoms with Gasteiger partial charge in [0.15, 0.2) is 8.07 Å². The molecule has 0 saturated heterocycles. The van der Waals surface area contributed by atoms with Crippen LogP contribution in [0.3, 0.4) is 0 Å². The van der Waals surface area contributed by atoms with Crippen LogP contribution in [-0.2, 0) is 12.8 Å². The predicted molar refractivity (Wildman–Crippen MR) is 204 cm³/mol. The van der Waals surface area contributed by atoms with E-state index in [-0.39, 0.29) is 0 Å². The van der Waals surface area contributed by atoms with Gasteiger partial charge in [0, 0.05) is 0 Å². The van der Waals surface area contributed by atoms with Gasteiger partial charge in [-0.3, -0.25) is 0 Å². The van der Waals surface area contributed by atoms with E-state index in [1.165, 1.54) is 77.1 Å². The van der Waals surface area contributed by atoms with Gasteiger partial charge in [-0.2, -0.15) is 0 Å². The number of allylic oxidation sites excluding steroid dienone is 2. The van der Waals surface area contributed by atoms with Gasteiger partial charge in [-0.15, -0.1) is 0 Å². The molecular formula is C46H40Si. The number of aryl methyl sites for hydroxylation is 2. The minimum absolute atomic E-state index is 0.974. The van der Waals surface area contributed by atoms with E-state index in [1.807, 2.05) is 0 Å². The molecule has 2 aliphatic rings. The molecule has 2 aliphatic carbocycles.